The zero-order valence-corrected chi connectivity index (χ0v) is 9.60. The number of rotatable bonds is 3. The Morgan fingerprint density at radius 3 is 2.55 bits per heavy atom. The molecule has 1 aliphatic rings. The lowest BCUT2D eigenvalue weighted by Crippen LogP contribution is -2.21. The van der Waals surface area contributed by atoms with E-state index in [1.165, 1.54) is 31.0 Å². The molecule has 11 heavy (non-hydrogen) atoms. The first-order valence-corrected chi connectivity index (χ1v) is 7.89. The van der Waals surface area contributed by atoms with Crippen molar-refractivity contribution in [1.82, 2.24) is 0 Å². The predicted octanol–water partition coefficient (Wildman–Crippen LogP) is 3.13. The smallest absolute Gasteiger partial charge is 0.0891 e. The highest BCUT2D eigenvalue weighted by molar-refractivity contribution is 9.09. The van der Waals surface area contributed by atoms with E-state index in [-0.39, 0.29) is 6.67 Å². The molecular weight excluding hydrogens is 223 g/mol. The fourth-order valence-electron chi connectivity index (χ4n) is 1.78. The van der Waals surface area contributed by atoms with Crippen molar-refractivity contribution in [1.29, 1.82) is 0 Å². The average molecular weight is 239 g/mol. The summed E-state index contributed by atoms with van der Waals surface area (Å²) in [5.74, 6) is 0. The van der Waals surface area contributed by atoms with E-state index in [0.717, 1.165) is 11.2 Å². The van der Waals surface area contributed by atoms with Gasteiger partial charge in [0.25, 0.3) is 0 Å². The molecule has 0 nitrogen and oxygen atoms in total. The highest BCUT2D eigenvalue weighted by atomic mass is 79.9. The van der Waals surface area contributed by atoms with Gasteiger partial charge in [0, 0.05) is 13.6 Å². The van der Waals surface area contributed by atoms with Crippen molar-refractivity contribution in [2.45, 2.75) is 42.2 Å². The third kappa shape index (κ3) is 3.70. The van der Waals surface area contributed by atoms with Gasteiger partial charge in [0.2, 0.25) is 0 Å². The highest BCUT2D eigenvalue weighted by Gasteiger charge is 2.19. The number of halogens is 2. The van der Waals surface area contributed by atoms with Gasteiger partial charge in [0.15, 0.2) is 0 Å². The molecule has 1 saturated heterocycles. The molecule has 0 N–H and O–H groups in total. The maximum atomic E-state index is 11.8. The van der Waals surface area contributed by atoms with Crippen LogP contribution in [0.4, 0.5) is 4.39 Å². The van der Waals surface area contributed by atoms with Crippen molar-refractivity contribution in [3.05, 3.63) is 0 Å². The summed E-state index contributed by atoms with van der Waals surface area (Å²) < 4.78 is 11.8. The minimum absolute atomic E-state index is 0.0960. The molecule has 66 valence electrons. The van der Waals surface area contributed by atoms with Gasteiger partial charge in [-0.1, -0.05) is 34.1 Å². The molecule has 0 bridgehead atoms. The van der Waals surface area contributed by atoms with Crippen LogP contribution in [-0.2, 0) is 0 Å². The second kappa shape index (κ2) is 5.30. The molecule has 0 spiro atoms. The third-order valence-electron chi connectivity index (χ3n) is 2.52. The third-order valence-corrected chi connectivity index (χ3v) is 6.96. The van der Waals surface area contributed by atoms with E-state index in [9.17, 15) is 4.39 Å². The Morgan fingerprint density at radius 1 is 1.36 bits per heavy atom. The summed E-state index contributed by atoms with van der Waals surface area (Å²) in [6.45, 7) is -0.0960. The molecule has 0 radical (unpaired) electrons. The van der Waals surface area contributed by atoms with Gasteiger partial charge in [-0.2, -0.15) is 0 Å². The van der Waals surface area contributed by atoms with Gasteiger partial charge in [0.05, 0.1) is 6.67 Å². The minimum atomic E-state index is -0.452. The number of alkyl halides is 2. The minimum Gasteiger partial charge on any atom is -0.251 e. The van der Waals surface area contributed by atoms with E-state index in [4.69, 9.17) is 0 Å². The molecule has 0 amide bonds. The first-order chi connectivity index (χ1) is 5.33. The lowest BCUT2D eigenvalue weighted by molar-refractivity contribution is 0.485. The van der Waals surface area contributed by atoms with Crippen LogP contribution < -0.4 is 0 Å². The SMILES string of the molecule is FCCC[SiH]1CCC(Br)CC1. The summed E-state index contributed by atoms with van der Waals surface area (Å²) in [7, 11) is -0.452. The highest BCUT2D eigenvalue weighted by Crippen LogP contribution is 2.27. The maximum Gasteiger partial charge on any atom is 0.0891 e. The summed E-state index contributed by atoms with van der Waals surface area (Å²) in [6, 6.07) is 4.13. The fraction of sp³-hybridized carbons (Fsp3) is 1.00. The van der Waals surface area contributed by atoms with Gasteiger partial charge < -0.3 is 0 Å². The normalized spacial score (nSPS) is 32.2. The molecule has 0 atom stereocenters. The maximum absolute atomic E-state index is 11.8. The van der Waals surface area contributed by atoms with E-state index in [0.29, 0.717) is 0 Å². The molecule has 0 saturated carbocycles. The van der Waals surface area contributed by atoms with Crippen LogP contribution in [0.1, 0.15) is 19.3 Å². The lowest BCUT2D eigenvalue weighted by atomic mass is 10.3. The zero-order valence-electron chi connectivity index (χ0n) is 6.86. The second-order valence-electron chi connectivity index (χ2n) is 3.45. The van der Waals surface area contributed by atoms with Gasteiger partial charge >= 0.3 is 0 Å². The van der Waals surface area contributed by atoms with Crippen LogP contribution in [0.25, 0.3) is 0 Å². The molecule has 0 unspecified atom stereocenters. The average Bonchev–Trinajstić information content (AvgIpc) is 2.04. The summed E-state index contributed by atoms with van der Waals surface area (Å²) in [4.78, 5) is 0.775. The van der Waals surface area contributed by atoms with Crippen molar-refractivity contribution >= 4 is 24.7 Å². The number of hydrogen-bond donors (Lipinski definition) is 0. The van der Waals surface area contributed by atoms with Crippen molar-refractivity contribution in [3.63, 3.8) is 0 Å². The summed E-state index contributed by atoms with van der Waals surface area (Å²) >= 11 is 3.63. The Hall–Kier alpha value is 0.627. The van der Waals surface area contributed by atoms with Crippen LogP contribution in [0.15, 0.2) is 0 Å². The van der Waals surface area contributed by atoms with E-state index in [2.05, 4.69) is 15.9 Å². The van der Waals surface area contributed by atoms with Crippen molar-refractivity contribution in [2.24, 2.45) is 0 Å². The first-order valence-electron chi connectivity index (χ1n) is 4.53. The Labute approximate surface area is 78.3 Å². The molecule has 1 fully saturated rings. The standard InChI is InChI=1S/C8H16BrFSi/c9-8-2-6-11(7-3-8)5-1-4-10/h8,11H,1-7H2. The van der Waals surface area contributed by atoms with E-state index in [1.54, 1.807) is 0 Å². The Morgan fingerprint density at radius 2 is 2.00 bits per heavy atom. The van der Waals surface area contributed by atoms with Crippen LogP contribution in [0.5, 0.6) is 0 Å². The van der Waals surface area contributed by atoms with E-state index in [1.807, 2.05) is 0 Å². The Balaban J connectivity index is 2.07. The molecule has 0 aliphatic carbocycles. The summed E-state index contributed by atoms with van der Waals surface area (Å²) in [5.41, 5.74) is 0. The molecule has 1 heterocycles. The monoisotopic (exact) mass is 238 g/mol. The second-order valence-corrected chi connectivity index (χ2v) is 8.21. The van der Waals surface area contributed by atoms with Gasteiger partial charge in [-0.05, 0) is 19.3 Å². The molecule has 0 aromatic heterocycles. The quantitative estimate of drug-likeness (QED) is 0.524. The van der Waals surface area contributed by atoms with Crippen molar-refractivity contribution in [2.75, 3.05) is 6.67 Å². The Kier molecular flexibility index (Phi) is 4.68. The summed E-state index contributed by atoms with van der Waals surface area (Å²) in [5, 5.41) is 0. The van der Waals surface area contributed by atoms with Crippen molar-refractivity contribution < 1.29 is 4.39 Å². The van der Waals surface area contributed by atoms with Crippen LogP contribution >= 0.6 is 15.9 Å². The molecule has 0 aromatic carbocycles. The molecule has 3 heteroatoms. The lowest BCUT2D eigenvalue weighted by Gasteiger charge is -2.23. The fourth-order valence-corrected chi connectivity index (χ4v) is 6.63. The molecule has 1 rings (SSSR count). The largest absolute Gasteiger partial charge is 0.251 e. The van der Waals surface area contributed by atoms with E-state index >= 15 is 0 Å². The van der Waals surface area contributed by atoms with Crippen LogP contribution in [0, 0.1) is 0 Å². The summed E-state index contributed by atoms with van der Waals surface area (Å²) in [6.07, 6.45) is 3.54. The zero-order chi connectivity index (χ0) is 8.10. The molecule has 1 aliphatic heterocycles. The molecular formula is C8H16BrFSi. The van der Waals surface area contributed by atoms with Crippen LogP contribution in [-0.4, -0.2) is 20.3 Å². The van der Waals surface area contributed by atoms with Gasteiger partial charge in [-0.15, -0.1) is 0 Å². The van der Waals surface area contributed by atoms with Gasteiger partial charge in [-0.25, -0.2) is 0 Å². The number of hydrogen-bond acceptors (Lipinski definition) is 0. The molecule has 0 aromatic rings. The van der Waals surface area contributed by atoms with Gasteiger partial charge in [-0.3, -0.25) is 4.39 Å². The predicted molar refractivity (Wildman–Crippen MR) is 54.1 cm³/mol. The first kappa shape index (κ1) is 9.71. The van der Waals surface area contributed by atoms with Crippen molar-refractivity contribution in [3.8, 4) is 0 Å². The van der Waals surface area contributed by atoms with Gasteiger partial charge in [0.1, 0.15) is 0 Å². The van der Waals surface area contributed by atoms with E-state index < -0.39 is 8.80 Å². The van der Waals surface area contributed by atoms with Crippen LogP contribution in [0.2, 0.25) is 18.1 Å². The Bertz CT molecular complexity index is 99.5. The topological polar surface area (TPSA) is 0 Å². The van der Waals surface area contributed by atoms with Crippen LogP contribution in [0.3, 0.4) is 0 Å².